The molecule has 0 heterocycles. The third-order valence-corrected chi connectivity index (χ3v) is 2.79. The van der Waals surface area contributed by atoms with E-state index in [-0.39, 0.29) is 23.9 Å². The van der Waals surface area contributed by atoms with Crippen LogP contribution in [-0.2, 0) is 9.53 Å². The normalized spacial score (nSPS) is 11.8. The molecule has 0 saturated carbocycles. The second kappa shape index (κ2) is 6.84. The van der Waals surface area contributed by atoms with Gasteiger partial charge in [-0.2, -0.15) is 0 Å². The van der Waals surface area contributed by atoms with Crippen molar-refractivity contribution >= 4 is 17.6 Å². The predicted octanol–water partition coefficient (Wildman–Crippen LogP) is 1.54. The number of nitrogens with one attached hydrogen (secondary N) is 1. The minimum atomic E-state index is -0.792. The van der Waals surface area contributed by atoms with E-state index in [1.54, 1.807) is 0 Å². The van der Waals surface area contributed by atoms with Crippen LogP contribution in [0.25, 0.3) is 0 Å². The van der Waals surface area contributed by atoms with Crippen molar-refractivity contribution in [1.82, 2.24) is 0 Å². The number of rotatable bonds is 5. The molecule has 0 bridgehead atoms. The maximum Gasteiger partial charge on any atom is 0.340 e. The van der Waals surface area contributed by atoms with Crippen molar-refractivity contribution in [3.63, 3.8) is 0 Å². The number of hydrogen-bond acceptors (Lipinski definition) is 4. The van der Waals surface area contributed by atoms with Crippen molar-refractivity contribution in [2.24, 2.45) is 11.7 Å². The molecule has 6 heteroatoms. The van der Waals surface area contributed by atoms with Crippen LogP contribution in [0.3, 0.4) is 0 Å². The fourth-order valence-electron chi connectivity index (χ4n) is 1.57. The molecule has 0 saturated heterocycles. The van der Waals surface area contributed by atoms with Gasteiger partial charge < -0.3 is 15.8 Å². The van der Waals surface area contributed by atoms with Gasteiger partial charge >= 0.3 is 5.97 Å². The molecule has 0 fully saturated rings. The van der Waals surface area contributed by atoms with Crippen LogP contribution in [-0.4, -0.2) is 25.5 Å². The lowest BCUT2D eigenvalue weighted by atomic mass is 10.1. The highest BCUT2D eigenvalue weighted by Crippen LogP contribution is 2.17. The molecule has 104 valence electrons. The number of halogens is 1. The van der Waals surface area contributed by atoms with Gasteiger partial charge in [-0.3, -0.25) is 4.79 Å². The van der Waals surface area contributed by atoms with Crippen molar-refractivity contribution < 1.29 is 18.7 Å². The van der Waals surface area contributed by atoms with Crippen molar-refractivity contribution in [3.05, 3.63) is 29.6 Å². The number of methoxy groups -OCH3 is 1. The summed E-state index contributed by atoms with van der Waals surface area (Å²) in [7, 11) is 1.16. The summed E-state index contributed by atoms with van der Waals surface area (Å²) in [6, 6.07) is 3.72. The largest absolute Gasteiger partial charge is 0.465 e. The molecule has 1 atom stereocenters. The third-order valence-electron chi connectivity index (χ3n) is 2.79. The van der Waals surface area contributed by atoms with Gasteiger partial charge in [0, 0.05) is 12.2 Å². The van der Waals surface area contributed by atoms with Gasteiger partial charge in [0.2, 0.25) is 5.91 Å². The van der Waals surface area contributed by atoms with Crippen LogP contribution in [0, 0.1) is 11.7 Å². The first-order valence-electron chi connectivity index (χ1n) is 5.92. The Balaban J connectivity index is 2.91. The average Bonchev–Trinajstić information content (AvgIpc) is 2.41. The SMILES string of the molecule is CCC(CN)C(=O)Nc1ccc(F)c(C(=O)OC)c1. The third kappa shape index (κ3) is 3.75. The number of benzene rings is 1. The monoisotopic (exact) mass is 268 g/mol. The summed E-state index contributed by atoms with van der Waals surface area (Å²) in [5.74, 6) is -2.06. The lowest BCUT2D eigenvalue weighted by molar-refractivity contribution is -0.119. The van der Waals surface area contributed by atoms with Gasteiger partial charge in [0.15, 0.2) is 0 Å². The molecular formula is C13H17FN2O3. The highest BCUT2D eigenvalue weighted by molar-refractivity contribution is 5.95. The van der Waals surface area contributed by atoms with E-state index in [0.29, 0.717) is 12.1 Å². The standard InChI is InChI=1S/C13H17FN2O3/c1-3-8(7-15)12(17)16-9-4-5-11(14)10(6-9)13(18)19-2/h4-6,8H,3,7,15H2,1-2H3,(H,16,17). The van der Waals surface area contributed by atoms with Gasteiger partial charge in [-0.05, 0) is 24.6 Å². The molecule has 1 unspecified atom stereocenters. The maximum absolute atomic E-state index is 13.4. The fraction of sp³-hybridized carbons (Fsp3) is 0.385. The van der Waals surface area contributed by atoms with Gasteiger partial charge in [0.1, 0.15) is 5.82 Å². The van der Waals surface area contributed by atoms with Crippen LogP contribution in [0.2, 0.25) is 0 Å². The zero-order valence-corrected chi connectivity index (χ0v) is 10.9. The first-order valence-corrected chi connectivity index (χ1v) is 5.92. The number of ether oxygens (including phenoxy) is 1. The predicted molar refractivity (Wildman–Crippen MR) is 69.2 cm³/mol. The zero-order valence-electron chi connectivity index (χ0n) is 10.9. The Hall–Kier alpha value is -1.95. The maximum atomic E-state index is 13.4. The first-order chi connectivity index (χ1) is 9.03. The van der Waals surface area contributed by atoms with Crippen LogP contribution in [0.1, 0.15) is 23.7 Å². The molecule has 19 heavy (non-hydrogen) atoms. The number of nitrogens with two attached hydrogens (primary N) is 1. The summed E-state index contributed by atoms with van der Waals surface area (Å²) in [4.78, 5) is 23.1. The summed E-state index contributed by atoms with van der Waals surface area (Å²) >= 11 is 0. The fourth-order valence-corrected chi connectivity index (χ4v) is 1.57. The summed E-state index contributed by atoms with van der Waals surface area (Å²) in [6.45, 7) is 2.08. The first kappa shape index (κ1) is 15.1. The van der Waals surface area contributed by atoms with E-state index in [1.165, 1.54) is 12.1 Å². The average molecular weight is 268 g/mol. The molecule has 0 aliphatic rings. The Morgan fingerprint density at radius 1 is 1.47 bits per heavy atom. The van der Waals surface area contributed by atoms with Gasteiger partial charge in [-0.25, -0.2) is 9.18 Å². The summed E-state index contributed by atoms with van der Waals surface area (Å²) in [5, 5.41) is 2.60. The van der Waals surface area contributed by atoms with Crippen LogP contribution < -0.4 is 11.1 Å². The molecular weight excluding hydrogens is 251 g/mol. The lowest BCUT2D eigenvalue weighted by Gasteiger charge is -2.13. The Morgan fingerprint density at radius 3 is 2.68 bits per heavy atom. The molecule has 5 nitrogen and oxygen atoms in total. The van der Waals surface area contributed by atoms with E-state index in [2.05, 4.69) is 10.1 Å². The van der Waals surface area contributed by atoms with Crippen molar-refractivity contribution in [1.29, 1.82) is 0 Å². The van der Waals surface area contributed by atoms with Gasteiger partial charge in [0.25, 0.3) is 0 Å². The highest BCUT2D eigenvalue weighted by atomic mass is 19.1. The molecule has 0 aromatic heterocycles. The number of esters is 1. The highest BCUT2D eigenvalue weighted by Gasteiger charge is 2.17. The van der Waals surface area contributed by atoms with Gasteiger partial charge in [0.05, 0.1) is 18.6 Å². The summed E-state index contributed by atoms with van der Waals surface area (Å²) in [5.41, 5.74) is 5.58. The second-order valence-electron chi connectivity index (χ2n) is 4.02. The van der Waals surface area contributed by atoms with Crippen molar-refractivity contribution in [2.45, 2.75) is 13.3 Å². The van der Waals surface area contributed by atoms with Crippen molar-refractivity contribution in [3.8, 4) is 0 Å². The minimum Gasteiger partial charge on any atom is -0.465 e. The molecule has 3 N–H and O–H groups in total. The van der Waals surface area contributed by atoms with Crippen LogP contribution >= 0.6 is 0 Å². The minimum absolute atomic E-state index is 0.221. The summed E-state index contributed by atoms with van der Waals surface area (Å²) < 4.78 is 17.9. The van der Waals surface area contributed by atoms with E-state index in [0.717, 1.165) is 13.2 Å². The Kier molecular flexibility index (Phi) is 5.44. The number of carbonyl (C=O) groups excluding carboxylic acids is 2. The van der Waals surface area contributed by atoms with E-state index >= 15 is 0 Å². The van der Waals surface area contributed by atoms with E-state index in [9.17, 15) is 14.0 Å². The molecule has 1 amide bonds. The Morgan fingerprint density at radius 2 is 2.16 bits per heavy atom. The molecule has 1 rings (SSSR count). The Labute approximate surface area is 110 Å². The topological polar surface area (TPSA) is 81.4 Å². The Bertz CT molecular complexity index is 473. The number of hydrogen-bond donors (Lipinski definition) is 2. The number of carbonyl (C=O) groups is 2. The summed E-state index contributed by atoms with van der Waals surface area (Å²) in [6.07, 6.45) is 0.605. The van der Waals surface area contributed by atoms with E-state index in [4.69, 9.17) is 5.73 Å². The van der Waals surface area contributed by atoms with Crippen LogP contribution in [0.15, 0.2) is 18.2 Å². The van der Waals surface area contributed by atoms with E-state index < -0.39 is 11.8 Å². The molecule has 0 aliphatic carbocycles. The lowest BCUT2D eigenvalue weighted by Crippen LogP contribution is -2.28. The van der Waals surface area contributed by atoms with Crippen molar-refractivity contribution in [2.75, 3.05) is 19.0 Å². The van der Waals surface area contributed by atoms with Gasteiger partial charge in [-0.1, -0.05) is 6.92 Å². The molecule has 1 aromatic carbocycles. The molecule has 1 aromatic rings. The van der Waals surface area contributed by atoms with Gasteiger partial charge in [-0.15, -0.1) is 0 Å². The number of anilines is 1. The van der Waals surface area contributed by atoms with Crippen LogP contribution in [0.5, 0.6) is 0 Å². The molecule has 0 spiro atoms. The zero-order chi connectivity index (χ0) is 14.4. The molecule has 0 aliphatic heterocycles. The van der Waals surface area contributed by atoms with E-state index in [1.807, 2.05) is 6.92 Å². The quantitative estimate of drug-likeness (QED) is 0.794. The molecule has 0 radical (unpaired) electrons. The second-order valence-corrected chi connectivity index (χ2v) is 4.02. The number of amides is 1. The smallest absolute Gasteiger partial charge is 0.340 e. The van der Waals surface area contributed by atoms with Crippen LogP contribution in [0.4, 0.5) is 10.1 Å².